The van der Waals surface area contributed by atoms with E-state index in [2.05, 4.69) is 13.8 Å². The molecule has 0 saturated heterocycles. The van der Waals surface area contributed by atoms with Crippen molar-refractivity contribution in [3.63, 3.8) is 0 Å². The lowest BCUT2D eigenvalue weighted by Crippen LogP contribution is -2.33. The van der Waals surface area contributed by atoms with Crippen molar-refractivity contribution in [2.45, 2.75) is 39.5 Å². The Labute approximate surface area is 104 Å². The van der Waals surface area contributed by atoms with Gasteiger partial charge in [0.05, 0.1) is 12.5 Å². The lowest BCUT2D eigenvalue weighted by Gasteiger charge is -2.33. The number of hydrogen-bond acceptors (Lipinski definition) is 3. The molecule has 0 heterocycles. The Morgan fingerprint density at radius 1 is 1.24 bits per heavy atom. The molecule has 0 aromatic carbocycles. The van der Waals surface area contributed by atoms with Crippen LogP contribution in [0, 0.1) is 29.6 Å². The zero-order valence-corrected chi connectivity index (χ0v) is 10.9. The molecule has 0 aliphatic heterocycles. The van der Waals surface area contributed by atoms with Crippen LogP contribution < -0.4 is 0 Å². The third-order valence-electron chi connectivity index (χ3n) is 4.93. The maximum Gasteiger partial charge on any atom is 0.309 e. The molecule has 5 atom stereocenters. The SMILES string of the molecule is CCC1C2CC(C(=O)OCCO)C(C2)C1CC. The van der Waals surface area contributed by atoms with Crippen LogP contribution in [0.15, 0.2) is 0 Å². The number of rotatable bonds is 5. The van der Waals surface area contributed by atoms with Crippen LogP contribution in [0.25, 0.3) is 0 Å². The molecule has 1 N–H and O–H groups in total. The maximum atomic E-state index is 11.9. The number of ether oxygens (including phenoxy) is 1. The van der Waals surface area contributed by atoms with Crippen molar-refractivity contribution in [3.8, 4) is 0 Å². The molecule has 2 rings (SSSR count). The van der Waals surface area contributed by atoms with Crippen molar-refractivity contribution in [2.24, 2.45) is 29.6 Å². The summed E-state index contributed by atoms with van der Waals surface area (Å²) in [5, 5.41) is 8.69. The zero-order valence-electron chi connectivity index (χ0n) is 10.9. The average molecular weight is 240 g/mol. The van der Waals surface area contributed by atoms with Crippen molar-refractivity contribution in [1.29, 1.82) is 0 Å². The molecule has 17 heavy (non-hydrogen) atoms. The van der Waals surface area contributed by atoms with E-state index in [0.717, 1.165) is 18.3 Å². The molecule has 3 nitrogen and oxygen atoms in total. The Hall–Kier alpha value is -0.570. The molecule has 0 amide bonds. The summed E-state index contributed by atoms with van der Waals surface area (Å²) in [4.78, 5) is 11.9. The fourth-order valence-corrected chi connectivity index (χ4v) is 4.37. The minimum absolute atomic E-state index is 0.0681. The largest absolute Gasteiger partial charge is 0.463 e. The molecule has 3 heteroatoms. The van der Waals surface area contributed by atoms with Crippen LogP contribution in [0.4, 0.5) is 0 Å². The minimum atomic E-state index is -0.0699. The van der Waals surface area contributed by atoms with Crippen LogP contribution in [0.2, 0.25) is 0 Å². The summed E-state index contributed by atoms with van der Waals surface area (Å²) in [6.07, 6.45) is 4.67. The van der Waals surface area contributed by atoms with Gasteiger partial charge in [-0.05, 0) is 36.5 Å². The van der Waals surface area contributed by atoms with Gasteiger partial charge in [0.1, 0.15) is 6.61 Å². The Balaban J connectivity index is 1.99. The molecule has 2 bridgehead atoms. The van der Waals surface area contributed by atoms with Gasteiger partial charge in [-0.15, -0.1) is 0 Å². The predicted molar refractivity (Wildman–Crippen MR) is 65.3 cm³/mol. The molecule has 2 saturated carbocycles. The monoisotopic (exact) mass is 240 g/mol. The summed E-state index contributed by atoms with van der Waals surface area (Å²) in [5.41, 5.74) is 0. The van der Waals surface area contributed by atoms with Gasteiger partial charge in [0, 0.05) is 0 Å². The number of esters is 1. The molecular weight excluding hydrogens is 216 g/mol. The molecule has 98 valence electrons. The van der Waals surface area contributed by atoms with Crippen molar-refractivity contribution >= 4 is 5.97 Å². The summed E-state index contributed by atoms with van der Waals surface area (Å²) in [6.45, 7) is 4.60. The molecule has 2 aliphatic carbocycles. The van der Waals surface area contributed by atoms with Gasteiger partial charge >= 0.3 is 5.97 Å². The van der Waals surface area contributed by atoms with Gasteiger partial charge < -0.3 is 9.84 Å². The molecular formula is C14H24O3. The van der Waals surface area contributed by atoms with E-state index in [4.69, 9.17) is 9.84 Å². The maximum absolute atomic E-state index is 11.9. The van der Waals surface area contributed by atoms with E-state index < -0.39 is 0 Å². The summed E-state index contributed by atoms with van der Waals surface area (Å²) in [7, 11) is 0. The molecule has 5 unspecified atom stereocenters. The normalized spacial score (nSPS) is 39.6. The van der Waals surface area contributed by atoms with Crippen LogP contribution in [0.5, 0.6) is 0 Å². The Bertz CT molecular complexity index is 277. The highest BCUT2D eigenvalue weighted by atomic mass is 16.5. The van der Waals surface area contributed by atoms with Crippen molar-refractivity contribution in [2.75, 3.05) is 13.2 Å². The lowest BCUT2D eigenvalue weighted by atomic mass is 9.72. The van der Waals surface area contributed by atoms with E-state index in [1.54, 1.807) is 0 Å². The van der Waals surface area contributed by atoms with Crippen molar-refractivity contribution < 1.29 is 14.6 Å². The number of aliphatic hydroxyl groups is 1. The molecule has 0 aromatic heterocycles. The first-order valence-electron chi connectivity index (χ1n) is 7.00. The van der Waals surface area contributed by atoms with E-state index in [0.29, 0.717) is 11.8 Å². The van der Waals surface area contributed by atoms with Gasteiger partial charge in [-0.2, -0.15) is 0 Å². The van der Waals surface area contributed by atoms with Crippen LogP contribution in [-0.4, -0.2) is 24.3 Å². The standard InChI is InChI=1S/C14H24O3/c1-3-10-9-7-12(11(10)4-2)13(8-9)14(16)17-6-5-15/h9-13,15H,3-8H2,1-2H3. The van der Waals surface area contributed by atoms with Gasteiger partial charge in [-0.1, -0.05) is 26.7 Å². The minimum Gasteiger partial charge on any atom is -0.463 e. The number of aliphatic hydroxyl groups excluding tert-OH is 1. The van der Waals surface area contributed by atoms with E-state index >= 15 is 0 Å². The van der Waals surface area contributed by atoms with Gasteiger partial charge in [0.25, 0.3) is 0 Å². The van der Waals surface area contributed by atoms with Gasteiger partial charge in [-0.25, -0.2) is 0 Å². The molecule has 2 aliphatic rings. The first-order chi connectivity index (χ1) is 8.22. The van der Waals surface area contributed by atoms with Crippen LogP contribution in [0.3, 0.4) is 0 Å². The second-order valence-electron chi connectivity index (χ2n) is 5.54. The molecule has 2 fully saturated rings. The Morgan fingerprint density at radius 3 is 2.53 bits per heavy atom. The smallest absolute Gasteiger partial charge is 0.309 e. The van der Waals surface area contributed by atoms with Gasteiger partial charge in [0.2, 0.25) is 0 Å². The lowest BCUT2D eigenvalue weighted by molar-refractivity contribution is -0.152. The van der Waals surface area contributed by atoms with E-state index in [-0.39, 0.29) is 25.1 Å². The van der Waals surface area contributed by atoms with Crippen molar-refractivity contribution in [1.82, 2.24) is 0 Å². The summed E-state index contributed by atoms with van der Waals surface area (Å²) in [5.74, 6) is 2.86. The van der Waals surface area contributed by atoms with Crippen LogP contribution >= 0.6 is 0 Å². The summed E-state index contributed by atoms with van der Waals surface area (Å²) < 4.78 is 5.10. The first kappa shape index (κ1) is 12.9. The topological polar surface area (TPSA) is 46.5 Å². The Morgan fingerprint density at radius 2 is 1.94 bits per heavy atom. The predicted octanol–water partition coefficient (Wildman–Crippen LogP) is 2.23. The Kier molecular flexibility index (Phi) is 4.08. The first-order valence-corrected chi connectivity index (χ1v) is 7.00. The third kappa shape index (κ3) is 2.22. The van der Waals surface area contributed by atoms with Crippen LogP contribution in [-0.2, 0) is 9.53 Å². The zero-order chi connectivity index (χ0) is 12.4. The number of carbonyl (C=O) groups is 1. The third-order valence-corrected chi connectivity index (χ3v) is 4.93. The summed E-state index contributed by atoms with van der Waals surface area (Å²) >= 11 is 0. The van der Waals surface area contributed by atoms with Gasteiger partial charge in [-0.3, -0.25) is 4.79 Å². The number of hydrogen-bond donors (Lipinski definition) is 1. The van der Waals surface area contributed by atoms with E-state index in [1.807, 2.05) is 0 Å². The van der Waals surface area contributed by atoms with E-state index in [1.165, 1.54) is 19.3 Å². The van der Waals surface area contributed by atoms with Gasteiger partial charge in [0.15, 0.2) is 0 Å². The van der Waals surface area contributed by atoms with E-state index in [9.17, 15) is 4.79 Å². The molecule has 0 aromatic rings. The molecule has 0 radical (unpaired) electrons. The second-order valence-corrected chi connectivity index (χ2v) is 5.54. The van der Waals surface area contributed by atoms with Crippen LogP contribution in [0.1, 0.15) is 39.5 Å². The van der Waals surface area contributed by atoms with Crippen molar-refractivity contribution in [3.05, 3.63) is 0 Å². The summed E-state index contributed by atoms with van der Waals surface area (Å²) in [6, 6.07) is 0. The number of fused-ring (bicyclic) bond motifs is 2. The average Bonchev–Trinajstić information content (AvgIpc) is 2.92. The highest BCUT2D eigenvalue weighted by molar-refractivity contribution is 5.73. The molecule has 0 spiro atoms. The second kappa shape index (κ2) is 5.38. The highest BCUT2D eigenvalue weighted by Gasteiger charge is 2.53. The quantitative estimate of drug-likeness (QED) is 0.750. The fraction of sp³-hybridized carbons (Fsp3) is 0.929. The number of carbonyl (C=O) groups excluding carboxylic acids is 1. The fourth-order valence-electron chi connectivity index (χ4n) is 4.37. The highest BCUT2D eigenvalue weighted by Crippen LogP contribution is 2.57.